The van der Waals surface area contributed by atoms with Gasteiger partial charge in [-0.15, -0.1) is 0 Å². The van der Waals surface area contributed by atoms with Crippen LogP contribution in [0.3, 0.4) is 0 Å². The van der Waals surface area contributed by atoms with E-state index in [0.29, 0.717) is 6.04 Å². The molecule has 0 aromatic heterocycles. The summed E-state index contributed by atoms with van der Waals surface area (Å²) >= 11 is 0. The fourth-order valence-electron chi connectivity index (χ4n) is 4.35. The average molecular weight is 364 g/mol. The number of anilines is 1. The molecule has 2 aromatic rings. The zero-order chi connectivity index (χ0) is 18.6. The summed E-state index contributed by atoms with van der Waals surface area (Å²) in [6.45, 7) is 4.74. The molecule has 0 saturated carbocycles. The molecule has 4 nitrogen and oxygen atoms in total. The molecule has 0 radical (unpaired) electrons. The van der Waals surface area contributed by atoms with E-state index < -0.39 is 0 Å². The van der Waals surface area contributed by atoms with Gasteiger partial charge in [-0.3, -0.25) is 9.69 Å². The van der Waals surface area contributed by atoms with Gasteiger partial charge in [0, 0.05) is 24.9 Å². The van der Waals surface area contributed by atoms with Crippen molar-refractivity contribution in [1.82, 2.24) is 4.90 Å². The quantitative estimate of drug-likeness (QED) is 0.882. The average Bonchev–Trinajstić information content (AvgIpc) is 3.19. The van der Waals surface area contributed by atoms with Crippen LogP contribution in [0.5, 0.6) is 0 Å². The Balaban J connectivity index is 1.47. The zero-order valence-corrected chi connectivity index (χ0v) is 16.0. The van der Waals surface area contributed by atoms with Crippen LogP contribution in [-0.4, -0.2) is 42.6 Å². The standard InChI is InChI=1S/C23H28N2O2/c1-17-5-2-6-18(15-17)19-7-3-8-20(16-19)24-23(26)22-9-4-12-25(22)21-10-13-27-14-11-21/h2-3,5-8,15-16,21-22H,4,9-14H2,1H3,(H,24,26)/t22-/m1/s1. The number of rotatable bonds is 4. The molecule has 2 aromatic carbocycles. The number of hydrogen-bond acceptors (Lipinski definition) is 3. The summed E-state index contributed by atoms with van der Waals surface area (Å²) in [7, 11) is 0. The van der Waals surface area contributed by atoms with Crippen LogP contribution in [-0.2, 0) is 9.53 Å². The topological polar surface area (TPSA) is 41.6 Å². The fourth-order valence-corrected chi connectivity index (χ4v) is 4.35. The number of hydrogen-bond donors (Lipinski definition) is 1. The summed E-state index contributed by atoms with van der Waals surface area (Å²) in [5, 5.41) is 3.17. The number of ether oxygens (including phenoxy) is 1. The fraction of sp³-hybridized carbons (Fsp3) is 0.435. The molecule has 0 unspecified atom stereocenters. The second kappa shape index (κ2) is 8.24. The maximum atomic E-state index is 13.0. The van der Waals surface area contributed by atoms with Gasteiger partial charge in [-0.1, -0.05) is 42.0 Å². The maximum Gasteiger partial charge on any atom is 0.241 e. The molecule has 4 rings (SSSR count). The minimum atomic E-state index is -0.0178. The van der Waals surface area contributed by atoms with Crippen molar-refractivity contribution in [1.29, 1.82) is 0 Å². The Morgan fingerprint density at radius 1 is 1.04 bits per heavy atom. The van der Waals surface area contributed by atoms with Crippen molar-refractivity contribution in [3.63, 3.8) is 0 Å². The first-order valence-electron chi connectivity index (χ1n) is 10.0. The molecule has 0 spiro atoms. The first-order valence-corrected chi connectivity index (χ1v) is 10.0. The van der Waals surface area contributed by atoms with Gasteiger partial charge in [0.25, 0.3) is 0 Å². The van der Waals surface area contributed by atoms with Gasteiger partial charge in [0.1, 0.15) is 0 Å². The van der Waals surface area contributed by atoms with E-state index in [1.807, 2.05) is 12.1 Å². The third kappa shape index (κ3) is 4.23. The monoisotopic (exact) mass is 364 g/mol. The van der Waals surface area contributed by atoms with Crippen LogP contribution in [0.15, 0.2) is 48.5 Å². The summed E-state index contributed by atoms with van der Waals surface area (Å²) in [5.41, 5.74) is 4.41. The van der Waals surface area contributed by atoms with Crippen molar-refractivity contribution in [2.24, 2.45) is 0 Å². The van der Waals surface area contributed by atoms with Gasteiger partial charge in [0.15, 0.2) is 0 Å². The summed E-state index contributed by atoms with van der Waals surface area (Å²) in [4.78, 5) is 15.4. The number of carbonyl (C=O) groups is 1. The van der Waals surface area contributed by atoms with Crippen LogP contribution >= 0.6 is 0 Å². The summed E-state index contributed by atoms with van der Waals surface area (Å²) in [6, 6.07) is 17.1. The Kier molecular flexibility index (Phi) is 5.55. The minimum Gasteiger partial charge on any atom is -0.381 e. The van der Waals surface area contributed by atoms with Crippen molar-refractivity contribution in [2.75, 3.05) is 25.1 Å². The molecule has 2 aliphatic heterocycles. The van der Waals surface area contributed by atoms with Crippen LogP contribution < -0.4 is 5.32 Å². The summed E-state index contributed by atoms with van der Waals surface area (Å²) in [5.74, 6) is 0.125. The Morgan fingerprint density at radius 3 is 2.56 bits per heavy atom. The van der Waals surface area contributed by atoms with Crippen molar-refractivity contribution >= 4 is 11.6 Å². The summed E-state index contributed by atoms with van der Waals surface area (Å²) < 4.78 is 5.49. The first-order chi connectivity index (χ1) is 13.2. The second-order valence-corrected chi connectivity index (χ2v) is 7.68. The summed E-state index contributed by atoms with van der Waals surface area (Å²) in [6.07, 6.45) is 4.11. The molecule has 1 N–H and O–H groups in total. The van der Waals surface area contributed by atoms with Gasteiger partial charge < -0.3 is 10.1 Å². The van der Waals surface area contributed by atoms with Crippen LogP contribution in [0.25, 0.3) is 11.1 Å². The lowest BCUT2D eigenvalue weighted by molar-refractivity contribution is -0.121. The molecule has 0 aliphatic carbocycles. The molecule has 2 saturated heterocycles. The molecule has 4 heteroatoms. The molecule has 27 heavy (non-hydrogen) atoms. The normalized spacial score (nSPS) is 21.3. The van der Waals surface area contributed by atoms with E-state index in [2.05, 4.69) is 53.5 Å². The van der Waals surface area contributed by atoms with E-state index in [9.17, 15) is 4.79 Å². The predicted molar refractivity (Wildman–Crippen MR) is 109 cm³/mol. The number of carbonyl (C=O) groups excluding carboxylic acids is 1. The van der Waals surface area contributed by atoms with E-state index in [-0.39, 0.29) is 11.9 Å². The van der Waals surface area contributed by atoms with E-state index in [1.54, 1.807) is 0 Å². The lowest BCUT2D eigenvalue weighted by Gasteiger charge is -2.34. The third-order valence-electron chi connectivity index (χ3n) is 5.74. The molecule has 0 bridgehead atoms. The Morgan fingerprint density at radius 2 is 1.78 bits per heavy atom. The predicted octanol–water partition coefficient (Wildman–Crippen LogP) is 4.24. The molecule has 1 atom stereocenters. The molecular formula is C23H28N2O2. The van der Waals surface area contributed by atoms with Gasteiger partial charge in [0.2, 0.25) is 5.91 Å². The molecule has 2 fully saturated rings. The van der Waals surface area contributed by atoms with Gasteiger partial charge >= 0.3 is 0 Å². The smallest absolute Gasteiger partial charge is 0.241 e. The largest absolute Gasteiger partial charge is 0.381 e. The highest BCUT2D eigenvalue weighted by molar-refractivity contribution is 5.95. The molecule has 2 aliphatic rings. The highest BCUT2D eigenvalue weighted by atomic mass is 16.5. The first kappa shape index (κ1) is 18.2. The number of nitrogens with one attached hydrogen (secondary N) is 1. The van der Waals surface area contributed by atoms with E-state index in [4.69, 9.17) is 4.74 Å². The highest BCUT2D eigenvalue weighted by Gasteiger charge is 2.35. The number of likely N-dealkylation sites (tertiary alicyclic amines) is 1. The van der Waals surface area contributed by atoms with Gasteiger partial charge in [0.05, 0.1) is 6.04 Å². The van der Waals surface area contributed by atoms with Gasteiger partial charge in [-0.25, -0.2) is 0 Å². The highest BCUT2D eigenvalue weighted by Crippen LogP contribution is 2.27. The number of amides is 1. The molecular weight excluding hydrogens is 336 g/mol. The Hall–Kier alpha value is -2.17. The number of nitrogens with zero attached hydrogens (tertiary/aromatic N) is 1. The van der Waals surface area contributed by atoms with Crippen LogP contribution in [0.1, 0.15) is 31.2 Å². The maximum absolute atomic E-state index is 13.0. The lowest BCUT2D eigenvalue weighted by Crippen LogP contribution is -2.47. The van der Waals surface area contributed by atoms with Crippen LogP contribution in [0.2, 0.25) is 0 Å². The van der Waals surface area contributed by atoms with Crippen molar-refractivity contribution in [3.05, 3.63) is 54.1 Å². The molecule has 142 valence electrons. The van der Waals surface area contributed by atoms with E-state index in [0.717, 1.165) is 56.7 Å². The second-order valence-electron chi connectivity index (χ2n) is 7.68. The lowest BCUT2D eigenvalue weighted by atomic mass is 10.0. The van der Waals surface area contributed by atoms with E-state index >= 15 is 0 Å². The molecule has 2 heterocycles. The van der Waals surface area contributed by atoms with Crippen molar-refractivity contribution < 1.29 is 9.53 Å². The van der Waals surface area contributed by atoms with Gasteiger partial charge in [-0.2, -0.15) is 0 Å². The Bertz CT molecular complexity index is 798. The van der Waals surface area contributed by atoms with Gasteiger partial charge in [-0.05, 0) is 62.4 Å². The SMILES string of the molecule is Cc1cccc(-c2cccc(NC(=O)[C@H]3CCCN3C3CCOCC3)c2)c1. The number of benzene rings is 2. The van der Waals surface area contributed by atoms with Crippen LogP contribution in [0, 0.1) is 6.92 Å². The van der Waals surface area contributed by atoms with Crippen LogP contribution in [0.4, 0.5) is 5.69 Å². The third-order valence-corrected chi connectivity index (χ3v) is 5.74. The van der Waals surface area contributed by atoms with Crippen molar-refractivity contribution in [2.45, 2.75) is 44.7 Å². The zero-order valence-electron chi connectivity index (χ0n) is 16.0. The Labute approximate surface area is 161 Å². The van der Waals surface area contributed by atoms with Crippen molar-refractivity contribution in [3.8, 4) is 11.1 Å². The van der Waals surface area contributed by atoms with E-state index in [1.165, 1.54) is 11.1 Å². The molecule has 1 amide bonds. The number of aryl methyl sites for hydroxylation is 1. The minimum absolute atomic E-state index is 0.0178.